The topological polar surface area (TPSA) is 109 Å². The first-order valence-corrected chi connectivity index (χ1v) is 16.8. The molecule has 2 atom stereocenters. The van der Waals surface area contributed by atoms with Crippen LogP contribution >= 0.6 is 0 Å². The summed E-state index contributed by atoms with van der Waals surface area (Å²) in [6.07, 6.45) is 0.604. The minimum atomic E-state index is -4.13. The van der Waals surface area contributed by atoms with Gasteiger partial charge in [0.15, 0.2) is 9.84 Å². The smallest absolute Gasteiger partial charge is 0.391 e. The lowest BCUT2D eigenvalue weighted by atomic mass is 9.81. The van der Waals surface area contributed by atoms with Crippen molar-refractivity contribution in [1.82, 2.24) is 15.2 Å². The summed E-state index contributed by atoms with van der Waals surface area (Å²) in [6.45, 7) is 3.78. The third-order valence-electron chi connectivity index (χ3n) is 9.34. The number of ether oxygens (including phenoxy) is 1. The first-order chi connectivity index (χ1) is 20.5. The molecule has 8 nitrogen and oxygen atoms in total. The van der Waals surface area contributed by atoms with E-state index < -0.39 is 33.9 Å². The highest BCUT2D eigenvalue weighted by molar-refractivity contribution is 7.91. The van der Waals surface area contributed by atoms with Crippen LogP contribution in [0.25, 0.3) is 0 Å². The fourth-order valence-electron chi connectivity index (χ4n) is 6.81. The molecule has 1 saturated carbocycles. The third kappa shape index (κ3) is 7.24. The molecule has 2 fully saturated rings. The van der Waals surface area contributed by atoms with Gasteiger partial charge in [-0.15, -0.1) is 0 Å². The summed E-state index contributed by atoms with van der Waals surface area (Å²) in [4.78, 5) is 20.6. The zero-order valence-electron chi connectivity index (χ0n) is 24.4. The van der Waals surface area contributed by atoms with Gasteiger partial charge in [-0.1, -0.05) is 19.1 Å². The number of amides is 1. The van der Waals surface area contributed by atoms with E-state index in [4.69, 9.17) is 9.72 Å². The number of aromatic nitrogens is 1. The van der Waals surface area contributed by atoms with E-state index in [-0.39, 0.29) is 42.1 Å². The molecule has 236 valence electrons. The first-order valence-electron chi connectivity index (χ1n) is 15.1. The Morgan fingerprint density at radius 2 is 1.79 bits per heavy atom. The average Bonchev–Trinajstić information content (AvgIpc) is 3.37. The summed E-state index contributed by atoms with van der Waals surface area (Å²) in [5.74, 6) is -1.15. The van der Waals surface area contributed by atoms with Crippen LogP contribution < -0.4 is 5.32 Å². The number of carbonyl (C=O) groups excluding carboxylic acids is 1. The van der Waals surface area contributed by atoms with E-state index in [1.54, 1.807) is 25.3 Å². The van der Waals surface area contributed by atoms with Gasteiger partial charge < -0.3 is 15.2 Å². The predicted molar refractivity (Wildman–Crippen MR) is 154 cm³/mol. The highest BCUT2D eigenvalue weighted by Gasteiger charge is 2.43. The van der Waals surface area contributed by atoms with Crippen LogP contribution in [-0.4, -0.2) is 67.6 Å². The van der Waals surface area contributed by atoms with E-state index in [1.807, 2.05) is 6.07 Å². The molecule has 0 unspecified atom stereocenters. The highest BCUT2D eigenvalue weighted by Crippen LogP contribution is 2.45. The summed E-state index contributed by atoms with van der Waals surface area (Å²) in [5, 5.41) is 12.8. The lowest BCUT2D eigenvalue weighted by molar-refractivity contribution is -0.184. The van der Waals surface area contributed by atoms with Crippen LogP contribution in [0.2, 0.25) is 0 Å². The molecule has 1 aromatic heterocycles. The van der Waals surface area contributed by atoms with Crippen molar-refractivity contribution in [3.8, 4) is 0 Å². The van der Waals surface area contributed by atoms with Gasteiger partial charge in [-0.2, -0.15) is 13.2 Å². The molecule has 5 rings (SSSR count). The summed E-state index contributed by atoms with van der Waals surface area (Å²) in [7, 11) is -3.37. The normalized spacial score (nSPS) is 24.4. The number of alkyl halides is 3. The van der Waals surface area contributed by atoms with Gasteiger partial charge in [0.25, 0.3) is 5.91 Å². The Hall–Kier alpha value is -2.54. The SMILES string of the molecule is CCS(=O)(=O)c1ccc([C@H](CO)NC(=O)c2cnc3c(c2)CN(CC2CCC(C(F)(F)F)CC2)[C@H]3C2CCOCC2)cc1. The quantitative estimate of drug-likeness (QED) is 0.405. The second kappa shape index (κ2) is 13.2. The van der Waals surface area contributed by atoms with Gasteiger partial charge in [-0.3, -0.25) is 14.7 Å². The average molecular weight is 624 g/mol. The number of carbonyl (C=O) groups is 1. The van der Waals surface area contributed by atoms with Crippen LogP contribution in [0.3, 0.4) is 0 Å². The lowest BCUT2D eigenvalue weighted by Gasteiger charge is -2.37. The molecule has 1 saturated heterocycles. The first kappa shape index (κ1) is 31.9. The van der Waals surface area contributed by atoms with E-state index in [9.17, 15) is 31.5 Å². The Labute approximate surface area is 250 Å². The molecule has 1 amide bonds. The van der Waals surface area contributed by atoms with Gasteiger partial charge >= 0.3 is 6.18 Å². The summed E-state index contributed by atoms with van der Waals surface area (Å²) < 4.78 is 69.6. The van der Waals surface area contributed by atoms with E-state index in [1.165, 1.54) is 12.1 Å². The second-order valence-electron chi connectivity index (χ2n) is 12.0. The van der Waals surface area contributed by atoms with Crippen LogP contribution in [0, 0.1) is 17.8 Å². The van der Waals surface area contributed by atoms with Crippen LogP contribution in [0.4, 0.5) is 13.2 Å². The molecule has 1 aliphatic carbocycles. The zero-order chi connectivity index (χ0) is 30.8. The Morgan fingerprint density at radius 1 is 1.12 bits per heavy atom. The predicted octanol–water partition coefficient (Wildman–Crippen LogP) is 4.99. The van der Waals surface area contributed by atoms with Crippen molar-refractivity contribution < 1.29 is 36.2 Å². The maximum atomic E-state index is 13.3. The van der Waals surface area contributed by atoms with Crippen LogP contribution in [-0.2, 0) is 21.1 Å². The molecule has 0 bridgehead atoms. The number of hydrogen-bond donors (Lipinski definition) is 2. The van der Waals surface area contributed by atoms with E-state index in [2.05, 4.69) is 10.2 Å². The van der Waals surface area contributed by atoms with Gasteiger partial charge in [0.2, 0.25) is 0 Å². The number of sulfone groups is 1. The molecule has 0 spiro atoms. The molecular formula is C31H40F3N3O5S. The number of benzene rings is 1. The number of halogens is 3. The number of rotatable bonds is 9. The van der Waals surface area contributed by atoms with Crippen molar-refractivity contribution in [3.05, 3.63) is 58.9 Å². The minimum absolute atomic E-state index is 0.0240. The summed E-state index contributed by atoms with van der Waals surface area (Å²) >= 11 is 0. The molecule has 2 N–H and O–H groups in total. The number of fused-ring (bicyclic) bond motifs is 1. The molecule has 3 heterocycles. The standard InChI is InChI=1S/C31H40F3N3O5S/c1-2-43(40,41)26-9-5-21(6-10-26)27(19-38)36-30(39)23-15-24-18-37(17-20-3-7-25(8-4-20)31(32,33)34)29(28(24)35-16-23)22-11-13-42-14-12-22/h5-6,9-10,15-16,20,22,25,27,29,38H,2-4,7-8,11-14,17-19H2,1H3,(H,36,39)/t20?,25?,27-,29-/m0/s1. The number of hydrogen-bond acceptors (Lipinski definition) is 7. The Kier molecular flexibility index (Phi) is 9.79. The largest absolute Gasteiger partial charge is 0.394 e. The molecule has 1 aromatic carbocycles. The van der Waals surface area contributed by atoms with Gasteiger partial charge in [-0.05, 0) is 79.7 Å². The molecule has 2 aliphatic heterocycles. The monoisotopic (exact) mass is 623 g/mol. The van der Waals surface area contributed by atoms with Crippen molar-refractivity contribution >= 4 is 15.7 Å². The fourth-order valence-corrected chi connectivity index (χ4v) is 7.70. The Morgan fingerprint density at radius 3 is 2.40 bits per heavy atom. The van der Waals surface area contributed by atoms with Crippen molar-refractivity contribution in [1.29, 1.82) is 0 Å². The van der Waals surface area contributed by atoms with E-state index >= 15 is 0 Å². The van der Waals surface area contributed by atoms with Gasteiger partial charge in [0.1, 0.15) is 0 Å². The van der Waals surface area contributed by atoms with E-state index in [0.717, 1.165) is 24.1 Å². The molecule has 2 aromatic rings. The molecular weight excluding hydrogens is 583 g/mol. The fraction of sp³-hybridized carbons (Fsp3) is 0.613. The summed E-state index contributed by atoms with van der Waals surface area (Å²) in [6, 6.07) is 7.24. The van der Waals surface area contributed by atoms with Crippen molar-refractivity contribution in [2.24, 2.45) is 17.8 Å². The van der Waals surface area contributed by atoms with Crippen LogP contribution in [0.15, 0.2) is 41.4 Å². The lowest BCUT2D eigenvalue weighted by Crippen LogP contribution is -2.37. The zero-order valence-corrected chi connectivity index (χ0v) is 25.2. The second-order valence-corrected chi connectivity index (χ2v) is 14.3. The number of aliphatic hydroxyl groups is 1. The van der Waals surface area contributed by atoms with Crippen molar-refractivity contribution in [2.45, 2.75) is 75.1 Å². The Balaban J connectivity index is 1.30. The third-order valence-corrected chi connectivity index (χ3v) is 11.1. The van der Waals surface area contributed by atoms with Crippen LogP contribution in [0.5, 0.6) is 0 Å². The highest BCUT2D eigenvalue weighted by atomic mass is 32.2. The number of aliphatic hydroxyl groups excluding tert-OH is 1. The summed E-state index contributed by atoms with van der Waals surface area (Å²) in [5.41, 5.74) is 2.77. The molecule has 3 aliphatic rings. The number of pyridine rings is 1. The Bertz CT molecular complexity index is 1370. The van der Waals surface area contributed by atoms with E-state index in [0.29, 0.717) is 56.2 Å². The van der Waals surface area contributed by atoms with Gasteiger partial charge in [0, 0.05) is 32.5 Å². The molecule has 12 heteroatoms. The minimum Gasteiger partial charge on any atom is -0.394 e. The molecule has 0 radical (unpaired) electrons. The number of nitrogens with zero attached hydrogens (tertiary/aromatic N) is 2. The van der Waals surface area contributed by atoms with Crippen molar-refractivity contribution in [2.75, 3.05) is 32.1 Å². The van der Waals surface area contributed by atoms with Crippen molar-refractivity contribution in [3.63, 3.8) is 0 Å². The molecule has 43 heavy (non-hydrogen) atoms. The maximum Gasteiger partial charge on any atom is 0.391 e. The van der Waals surface area contributed by atoms with Gasteiger partial charge in [0.05, 0.1) is 46.5 Å². The van der Waals surface area contributed by atoms with Crippen LogP contribution in [0.1, 0.15) is 84.7 Å². The van der Waals surface area contributed by atoms with Gasteiger partial charge in [-0.25, -0.2) is 8.42 Å². The maximum absolute atomic E-state index is 13.3. The number of nitrogens with one attached hydrogen (secondary N) is 1.